The summed E-state index contributed by atoms with van der Waals surface area (Å²) in [7, 11) is 0. The van der Waals surface area contributed by atoms with Crippen LogP contribution < -0.4 is 4.74 Å². The number of nitrogens with zero attached hydrogens (tertiary/aromatic N) is 1. The fourth-order valence-corrected chi connectivity index (χ4v) is 2.76. The molecule has 0 radical (unpaired) electrons. The van der Waals surface area contributed by atoms with Crippen molar-refractivity contribution in [3.63, 3.8) is 0 Å². The largest absolute Gasteiger partial charge is 0.485 e. The Hall–Kier alpha value is -1.40. The Labute approximate surface area is 123 Å². The molecule has 0 bridgehead atoms. The Kier molecular flexibility index (Phi) is 4.55. The molecule has 0 saturated heterocycles. The van der Waals surface area contributed by atoms with Gasteiger partial charge < -0.3 is 9.84 Å². The molecule has 19 heavy (non-hydrogen) atoms. The van der Waals surface area contributed by atoms with Gasteiger partial charge in [-0.15, -0.1) is 11.3 Å². The summed E-state index contributed by atoms with van der Waals surface area (Å²) in [5.74, 6) is -0.676. The van der Waals surface area contributed by atoms with E-state index in [0.717, 1.165) is 17.1 Å². The van der Waals surface area contributed by atoms with Crippen LogP contribution in [0.15, 0.2) is 28.1 Å². The average molecular weight is 342 g/mol. The molecule has 0 unspecified atom stereocenters. The highest BCUT2D eigenvalue weighted by Gasteiger charge is 2.14. The number of para-hydroxylation sites is 1. The quantitative estimate of drug-likeness (QED) is 0.899. The van der Waals surface area contributed by atoms with Gasteiger partial charge in [0.25, 0.3) is 0 Å². The van der Waals surface area contributed by atoms with Crippen molar-refractivity contribution in [2.24, 2.45) is 0 Å². The number of carbonyl (C=O) groups is 1. The number of benzene rings is 1. The molecular weight excluding hydrogens is 330 g/mol. The zero-order valence-electron chi connectivity index (χ0n) is 10.2. The third-order valence-corrected chi connectivity index (χ3v) is 4.13. The highest BCUT2D eigenvalue weighted by Crippen LogP contribution is 2.30. The number of ether oxygens (including phenoxy) is 1. The maximum absolute atomic E-state index is 11.1. The molecule has 0 aliphatic rings. The number of carboxylic acid groups (broad SMARTS) is 1. The molecule has 1 heterocycles. The van der Waals surface area contributed by atoms with Gasteiger partial charge in [-0.3, -0.25) is 0 Å². The molecule has 6 heteroatoms. The van der Waals surface area contributed by atoms with Crippen LogP contribution in [-0.2, 0) is 13.0 Å². The average Bonchev–Trinajstić information content (AvgIpc) is 2.85. The van der Waals surface area contributed by atoms with E-state index < -0.39 is 5.97 Å². The van der Waals surface area contributed by atoms with Crippen LogP contribution in [0.4, 0.5) is 0 Å². The molecule has 2 rings (SSSR count). The van der Waals surface area contributed by atoms with Crippen molar-refractivity contribution in [1.29, 1.82) is 0 Å². The second-order valence-electron chi connectivity index (χ2n) is 3.80. The fourth-order valence-electron chi connectivity index (χ4n) is 1.55. The van der Waals surface area contributed by atoms with Crippen LogP contribution in [0.25, 0.3) is 0 Å². The monoisotopic (exact) mass is 341 g/mol. The number of thiazole rings is 1. The maximum atomic E-state index is 11.1. The molecule has 0 fully saturated rings. The smallest absolute Gasteiger partial charge is 0.339 e. The van der Waals surface area contributed by atoms with E-state index in [2.05, 4.69) is 20.9 Å². The molecule has 0 aliphatic heterocycles. The molecule has 0 spiro atoms. The predicted molar refractivity (Wildman–Crippen MR) is 76.9 cm³/mol. The van der Waals surface area contributed by atoms with Crippen molar-refractivity contribution in [1.82, 2.24) is 4.98 Å². The third-order valence-electron chi connectivity index (χ3n) is 2.46. The summed E-state index contributed by atoms with van der Waals surface area (Å²) in [5.41, 5.74) is 0.953. The summed E-state index contributed by atoms with van der Waals surface area (Å²) in [6.07, 6.45) is 0.889. The Balaban J connectivity index is 2.17. The van der Waals surface area contributed by atoms with Gasteiger partial charge >= 0.3 is 5.97 Å². The van der Waals surface area contributed by atoms with E-state index in [0.29, 0.717) is 10.2 Å². The van der Waals surface area contributed by atoms with Crippen molar-refractivity contribution in [3.05, 3.63) is 44.3 Å². The summed E-state index contributed by atoms with van der Waals surface area (Å²) in [5, 5.41) is 12.1. The second kappa shape index (κ2) is 6.16. The molecular formula is C13H12BrNO3S. The topological polar surface area (TPSA) is 59.4 Å². The van der Waals surface area contributed by atoms with Gasteiger partial charge in [-0.05, 0) is 34.5 Å². The zero-order chi connectivity index (χ0) is 13.8. The number of rotatable bonds is 5. The lowest BCUT2D eigenvalue weighted by Crippen LogP contribution is -2.04. The molecule has 2 aromatic rings. The van der Waals surface area contributed by atoms with Crippen LogP contribution in [0, 0.1) is 0 Å². The molecule has 100 valence electrons. The molecule has 4 nitrogen and oxygen atoms in total. The first kappa shape index (κ1) is 14.0. The number of aromatic carboxylic acids is 1. The molecule has 1 aromatic carbocycles. The van der Waals surface area contributed by atoms with Gasteiger partial charge in [0.1, 0.15) is 17.9 Å². The Morgan fingerprint density at radius 3 is 2.95 bits per heavy atom. The summed E-state index contributed by atoms with van der Waals surface area (Å²) in [6, 6.07) is 4.93. The SMILES string of the molecule is CCc1nc(COc2c(Br)cccc2C(=O)O)cs1. The molecule has 1 aromatic heterocycles. The fraction of sp³-hybridized carbons (Fsp3) is 0.231. The molecule has 0 aliphatic carbocycles. The standard InChI is InChI=1S/C13H12BrNO3S/c1-2-11-15-8(7-19-11)6-18-12-9(13(16)17)4-3-5-10(12)14/h3-5,7H,2,6H2,1H3,(H,16,17). The minimum Gasteiger partial charge on any atom is -0.485 e. The van der Waals surface area contributed by atoms with Gasteiger partial charge in [-0.2, -0.15) is 0 Å². The lowest BCUT2D eigenvalue weighted by molar-refractivity contribution is 0.0691. The van der Waals surface area contributed by atoms with E-state index in [4.69, 9.17) is 9.84 Å². The maximum Gasteiger partial charge on any atom is 0.339 e. The first-order chi connectivity index (χ1) is 9.11. The summed E-state index contributed by atoms with van der Waals surface area (Å²) < 4.78 is 6.21. The predicted octanol–water partition coefficient (Wildman–Crippen LogP) is 3.75. The van der Waals surface area contributed by atoms with E-state index in [1.165, 1.54) is 6.07 Å². The lowest BCUT2D eigenvalue weighted by atomic mass is 10.2. The lowest BCUT2D eigenvalue weighted by Gasteiger charge is -2.09. The number of aromatic nitrogens is 1. The van der Waals surface area contributed by atoms with E-state index >= 15 is 0 Å². The van der Waals surface area contributed by atoms with Crippen LogP contribution in [0.2, 0.25) is 0 Å². The van der Waals surface area contributed by atoms with E-state index in [1.807, 2.05) is 12.3 Å². The zero-order valence-corrected chi connectivity index (χ0v) is 12.6. The summed E-state index contributed by atoms with van der Waals surface area (Å²) >= 11 is 4.88. The first-order valence-corrected chi connectivity index (χ1v) is 7.37. The molecule has 1 N–H and O–H groups in total. The second-order valence-corrected chi connectivity index (χ2v) is 5.59. The van der Waals surface area contributed by atoms with Gasteiger partial charge in [-0.1, -0.05) is 13.0 Å². The van der Waals surface area contributed by atoms with Gasteiger partial charge in [0.15, 0.2) is 0 Å². The van der Waals surface area contributed by atoms with E-state index in [-0.39, 0.29) is 12.2 Å². The van der Waals surface area contributed by atoms with Gasteiger partial charge in [0.05, 0.1) is 15.2 Å². The molecule has 0 saturated carbocycles. The van der Waals surface area contributed by atoms with Gasteiger partial charge in [0.2, 0.25) is 0 Å². The van der Waals surface area contributed by atoms with Crippen molar-refractivity contribution >= 4 is 33.2 Å². The van der Waals surface area contributed by atoms with Crippen LogP contribution in [0.3, 0.4) is 0 Å². The van der Waals surface area contributed by atoms with Gasteiger partial charge in [-0.25, -0.2) is 9.78 Å². The van der Waals surface area contributed by atoms with E-state index in [1.54, 1.807) is 23.5 Å². The normalized spacial score (nSPS) is 10.4. The number of carboxylic acids is 1. The third kappa shape index (κ3) is 3.33. The van der Waals surface area contributed by atoms with Crippen molar-refractivity contribution in [2.45, 2.75) is 20.0 Å². The summed E-state index contributed by atoms with van der Waals surface area (Å²) in [6.45, 7) is 2.30. The molecule has 0 amide bonds. The number of aryl methyl sites for hydroxylation is 1. The van der Waals surface area contributed by atoms with E-state index in [9.17, 15) is 4.79 Å². The van der Waals surface area contributed by atoms with Crippen molar-refractivity contribution in [3.8, 4) is 5.75 Å². The number of hydrogen-bond acceptors (Lipinski definition) is 4. The highest BCUT2D eigenvalue weighted by atomic mass is 79.9. The molecule has 0 atom stereocenters. The summed E-state index contributed by atoms with van der Waals surface area (Å²) in [4.78, 5) is 15.5. The van der Waals surface area contributed by atoms with Crippen LogP contribution in [0.5, 0.6) is 5.75 Å². The number of hydrogen-bond donors (Lipinski definition) is 1. The van der Waals surface area contributed by atoms with Crippen LogP contribution in [0.1, 0.15) is 28.0 Å². The Morgan fingerprint density at radius 2 is 2.32 bits per heavy atom. The Bertz CT molecular complexity index is 597. The van der Waals surface area contributed by atoms with Crippen LogP contribution in [-0.4, -0.2) is 16.1 Å². The first-order valence-electron chi connectivity index (χ1n) is 5.69. The van der Waals surface area contributed by atoms with Crippen molar-refractivity contribution in [2.75, 3.05) is 0 Å². The van der Waals surface area contributed by atoms with Gasteiger partial charge in [0, 0.05) is 5.38 Å². The Morgan fingerprint density at radius 1 is 1.53 bits per heavy atom. The van der Waals surface area contributed by atoms with Crippen LogP contribution >= 0.6 is 27.3 Å². The van der Waals surface area contributed by atoms with Crippen molar-refractivity contribution < 1.29 is 14.6 Å². The minimum absolute atomic E-state index is 0.139. The minimum atomic E-state index is -1.01. The highest BCUT2D eigenvalue weighted by molar-refractivity contribution is 9.10. The number of halogens is 1.